The minimum atomic E-state index is -0.199. The molecule has 1 aromatic rings. The van der Waals surface area contributed by atoms with Crippen molar-refractivity contribution in [2.45, 2.75) is 32.2 Å². The molecule has 1 nitrogen and oxygen atoms in total. The summed E-state index contributed by atoms with van der Waals surface area (Å²) in [5.74, 6) is 0.958. The van der Waals surface area contributed by atoms with Crippen molar-refractivity contribution in [2.24, 2.45) is 17.6 Å². The summed E-state index contributed by atoms with van der Waals surface area (Å²) in [6, 6.07) is 5.19. The third-order valence-electron chi connectivity index (χ3n) is 3.58. The molecule has 0 aliphatic heterocycles. The van der Waals surface area contributed by atoms with Gasteiger partial charge in [0.2, 0.25) is 0 Å². The first-order valence-electron chi connectivity index (χ1n) is 5.79. The molecule has 1 saturated carbocycles. The molecule has 3 unspecified atom stereocenters. The van der Waals surface area contributed by atoms with Crippen LogP contribution in [0.3, 0.4) is 0 Å². The average Bonchev–Trinajstić information content (AvgIpc) is 2.68. The van der Waals surface area contributed by atoms with Crippen molar-refractivity contribution in [3.8, 4) is 0 Å². The second-order valence-electron chi connectivity index (χ2n) is 4.85. The Bertz CT molecular complexity index is 380. The lowest BCUT2D eigenvalue weighted by atomic mass is 9.91. The molecule has 0 saturated heterocycles. The maximum atomic E-state index is 13.9. The Balaban J connectivity index is 2.20. The van der Waals surface area contributed by atoms with E-state index in [1.807, 2.05) is 6.07 Å². The van der Waals surface area contributed by atoms with Gasteiger partial charge in [-0.1, -0.05) is 25.5 Å². The van der Waals surface area contributed by atoms with Crippen LogP contribution in [0.1, 0.15) is 37.8 Å². The highest BCUT2D eigenvalue weighted by Gasteiger charge is 2.29. The van der Waals surface area contributed by atoms with Crippen molar-refractivity contribution >= 4 is 15.9 Å². The molecular formula is C13H17BrFN. The summed E-state index contributed by atoms with van der Waals surface area (Å²) in [6.07, 6.45) is 3.45. The van der Waals surface area contributed by atoms with Gasteiger partial charge >= 0.3 is 0 Å². The molecule has 16 heavy (non-hydrogen) atoms. The Morgan fingerprint density at radius 1 is 1.44 bits per heavy atom. The van der Waals surface area contributed by atoms with Gasteiger partial charge in [0.1, 0.15) is 5.82 Å². The summed E-state index contributed by atoms with van der Waals surface area (Å²) in [7, 11) is 0. The highest BCUT2D eigenvalue weighted by molar-refractivity contribution is 9.10. The maximum absolute atomic E-state index is 13.9. The Morgan fingerprint density at radius 3 is 2.81 bits per heavy atom. The standard InChI is InChI=1S/C13H17BrFN/c1-8-5-6-9(7-8)13(16)10-3-2-4-11(14)12(10)15/h2-4,8-9,13H,5-7,16H2,1H3. The van der Waals surface area contributed by atoms with Crippen LogP contribution in [-0.2, 0) is 0 Å². The van der Waals surface area contributed by atoms with Gasteiger partial charge in [0, 0.05) is 11.6 Å². The molecule has 1 aliphatic rings. The fourth-order valence-electron chi connectivity index (χ4n) is 2.61. The molecule has 1 aliphatic carbocycles. The van der Waals surface area contributed by atoms with Crippen LogP contribution < -0.4 is 5.73 Å². The SMILES string of the molecule is CC1CCC(C(N)c2cccc(Br)c2F)C1. The van der Waals surface area contributed by atoms with E-state index in [9.17, 15) is 4.39 Å². The zero-order valence-corrected chi connectivity index (χ0v) is 11.0. The van der Waals surface area contributed by atoms with Crippen LogP contribution in [0, 0.1) is 17.7 Å². The second-order valence-corrected chi connectivity index (χ2v) is 5.70. The highest BCUT2D eigenvalue weighted by Crippen LogP contribution is 2.38. The van der Waals surface area contributed by atoms with E-state index in [4.69, 9.17) is 5.73 Å². The van der Waals surface area contributed by atoms with E-state index in [1.54, 1.807) is 12.1 Å². The monoisotopic (exact) mass is 285 g/mol. The number of halogens is 2. The smallest absolute Gasteiger partial charge is 0.142 e. The van der Waals surface area contributed by atoms with E-state index < -0.39 is 0 Å². The molecule has 1 fully saturated rings. The predicted molar refractivity (Wildman–Crippen MR) is 67.5 cm³/mol. The van der Waals surface area contributed by atoms with Gasteiger partial charge in [-0.15, -0.1) is 0 Å². The maximum Gasteiger partial charge on any atom is 0.142 e. The summed E-state index contributed by atoms with van der Waals surface area (Å²) >= 11 is 3.20. The molecule has 2 N–H and O–H groups in total. The molecule has 0 aromatic heterocycles. The third kappa shape index (κ3) is 2.30. The van der Waals surface area contributed by atoms with Crippen LogP contribution in [0.25, 0.3) is 0 Å². The summed E-state index contributed by atoms with van der Waals surface area (Å²) in [4.78, 5) is 0. The Kier molecular flexibility index (Phi) is 3.65. The fraction of sp³-hybridized carbons (Fsp3) is 0.538. The van der Waals surface area contributed by atoms with Crippen molar-refractivity contribution in [1.29, 1.82) is 0 Å². The van der Waals surface area contributed by atoms with Gasteiger partial charge in [-0.25, -0.2) is 4.39 Å². The third-order valence-corrected chi connectivity index (χ3v) is 4.20. The number of benzene rings is 1. The lowest BCUT2D eigenvalue weighted by Crippen LogP contribution is -2.20. The van der Waals surface area contributed by atoms with Gasteiger partial charge in [0.05, 0.1) is 4.47 Å². The average molecular weight is 286 g/mol. The van der Waals surface area contributed by atoms with Crippen LogP contribution in [0.15, 0.2) is 22.7 Å². The largest absolute Gasteiger partial charge is 0.324 e. The van der Waals surface area contributed by atoms with Gasteiger partial charge in [-0.2, -0.15) is 0 Å². The van der Waals surface area contributed by atoms with E-state index >= 15 is 0 Å². The summed E-state index contributed by atoms with van der Waals surface area (Å²) in [5, 5.41) is 0. The number of hydrogen-bond donors (Lipinski definition) is 1. The number of hydrogen-bond acceptors (Lipinski definition) is 1. The highest BCUT2D eigenvalue weighted by atomic mass is 79.9. The minimum Gasteiger partial charge on any atom is -0.324 e. The molecule has 0 bridgehead atoms. The Morgan fingerprint density at radius 2 is 2.19 bits per heavy atom. The molecule has 88 valence electrons. The summed E-state index contributed by atoms with van der Waals surface area (Å²) in [5.41, 5.74) is 6.82. The Labute approximate surface area is 104 Å². The molecule has 0 radical (unpaired) electrons. The van der Waals surface area contributed by atoms with Crippen LogP contribution >= 0.6 is 15.9 Å². The summed E-state index contributed by atoms with van der Waals surface area (Å²) in [6.45, 7) is 2.24. The topological polar surface area (TPSA) is 26.0 Å². The normalized spacial score (nSPS) is 27.0. The zero-order valence-electron chi connectivity index (χ0n) is 9.42. The van der Waals surface area contributed by atoms with Gasteiger partial charge in [-0.3, -0.25) is 0 Å². The van der Waals surface area contributed by atoms with Crippen LogP contribution in [0.2, 0.25) is 0 Å². The van der Waals surface area contributed by atoms with E-state index in [-0.39, 0.29) is 11.9 Å². The zero-order chi connectivity index (χ0) is 11.7. The van der Waals surface area contributed by atoms with Crippen molar-refractivity contribution in [3.63, 3.8) is 0 Å². The lowest BCUT2D eigenvalue weighted by molar-refractivity contribution is 0.414. The van der Waals surface area contributed by atoms with Gasteiger partial charge < -0.3 is 5.73 Å². The van der Waals surface area contributed by atoms with E-state index in [0.717, 1.165) is 18.8 Å². The molecular weight excluding hydrogens is 269 g/mol. The van der Waals surface area contributed by atoms with E-state index in [1.165, 1.54) is 6.42 Å². The van der Waals surface area contributed by atoms with E-state index in [2.05, 4.69) is 22.9 Å². The first-order valence-corrected chi connectivity index (χ1v) is 6.58. The van der Waals surface area contributed by atoms with E-state index in [0.29, 0.717) is 16.0 Å². The summed E-state index contributed by atoms with van der Waals surface area (Å²) < 4.78 is 14.4. The quantitative estimate of drug-likeness (QED) is 0.873. The van der Waals surface area contributed by atoms with Crippen LogP contribution in [0.5, 0.6) is 0 Å². The van der Waals surface area contributed by atoms with Gasteiger partial charge in [0.25, 0.3) is 0 Å². The first-order chi connectivity index (χ1) is 7.59. The predicted octanol–water partition coefficient (Wildman–Crippen LogP) is 4.02. The fourth-order valence-corrected chi connectivity index (χ4v) is 2.99. The van der Waals surface area contributed by atoms with Crippen molar-refractivity contribution in [3.05, 3.63) is 34.1 Å². The van der Waals surface area contributed by atoms with Crippen molar-refractivity contribution in [1.82, 2.24) is 0 Å². The second kappa shape index (κ2) is 4.84. The number of rotatable bonds is 2. The molecule has 0 heterocycles. The molecule has 1 aromatic carbocycles. The van der Waals surface area contributed by atoms with Gasteiger partial charge in [0.15, 0.2) is 0 Å². The molecule has 3 heteroatoms. The molecule has 2 rings (SSSR count). The van der Waals surface area contributed by atoms with Crippen LogP contribution in [0.4, 0.5) is 4.39 Å². The number of nitrogens with two attached hydrogens (primary N) is 1. The Hall–Kier alpha value is -0.410. The van der Waals surface area contributed by atoms with Gasteiger partial charge in [-0.05, 0) is 46.7 Å². The van der Waals surface area contributed by atoms with Crippen LogP contribution in [-0.4, -0.2) is 0 Å². The molecule has 0 amide bonds. The lowest BCUT2D eigenvalue weighted by Gasteiger charge is -2.20. The first kappa shape index (κ1) is 12.1. The minimum absolute atomic E-state index is 0.164. The van der Waals surface area contributed by atoms with Crippen molar-refractivity contribution < 1.29 is 4.39 Å². The molecule has 3 atom stereocenters. The van der Waals surface area contributed by atoms with Crippen molar-refractivity contribution in [2.75, 3.05) is 0 Å². The molecule has 0 spiro atoms.